The van der Waals surface area contributed by atoms with E-state index in [4.69, 9.17) is 10.5 Å². The fourth-order valence-electron chi connectivity index (χ4n) is 5.19. The van der Waals surface area contributed by atoms with Gasteiger partial charge in [0.25, 0.3) is 0 Å². The Balaban J connectivity index is 1.18. The minimum absolute atomic E-state index is 0.0227. The number of ether oxygens (including phenoxy) is 1. The summed E-state index contributed by atoms with van der Waals surface area (Å²) in [6.45, 7) is 1.99. The van der Waals surface area contributed by atoms with E-state index in [1.165, 1.54) is 25.7 Å². The molecule has 204 valence electrons. The first kappa shape index (κ1) is 27.5. The number of carbonyl (C=O) groups excluding carboxylic acids is 2. The molecule has 1 aliphatic heterocycles. The Morgan fingerprint density at radius 3 is 2.66 bits per heavy atom. The summed E-state index contributed by atoms with van der Waals surface area (Å²) in [5, 5.41) is 3.04. The number of rotatable bonds is 13. The Labute approximate surface area is 226 Å². The topological polar surface area (TPSA) is 100 Å². The Morgan fingerprint density at radius 2 is 1.87 bits per heavy atom. The lowest BCUT2D eigenvalue weighted by atomic mass is 10.0. The molecule has 1 heterocycles. The number of amides is 2. The molecule has 0 bridgehead atoms. The summed E-state index contributed by atoms with van der Waals surface area (Å²) >= 11 is 0. The Kier molecular flexibility index (Phi) is 10.0. The molecule has 0 unspecified atom stereocenters. The highest BCUT2D eigenvalue weighted by molar-refractivity contribution is 5.92. The minimum atomic E-state index is -0.0227. The van der Waals surface area contributed by atoms with Gasteiger partial charge < -0.3 is 25.6 Å². The van der Waals surface area contributed by atoms with E-state index in [1.807, 2.05) is 55.6 Å². The van der Waals surface area contributed by atoms with Crippen LogP contribution in [0.25, 0.3) is 0 Å². The van der Waals surface area contributed by atoms with Gasteiger partial charge in [-0.1, -0.05) is 56.0 Å². The van der Waals surface area contributed by atoms with Gasteiger partial charge in [0, 0.05) is 37.8 Å². The highest BCUT2D eigenvalue weighted by atomic mass is 16.5. The normalized spacial score (nSPS) is 15.1. The second kappa shape index (κ2) is 13.8. The SMILES string of the molecule is CN(C(=O)CCCCCOc1cccc2c1N=C(N)N(CC(=O)NCCC1CCCC1)C2)c1ccccc1. The zero-order chi connectivity index (χ0) is 26.7. The summed E-state index contributed by atoms with van der Waals surface area (Å²) in [5.74, 6) is 1.88. The van der Waals surface area contributed by atoms with Crippen molar-refractivity contribution in [1.29, 1.82) is 0 Å². The number of fused-ring (bicyclic) bond motifs is 1. The van der Waals surface area contributed by atoms with Crippen molar-refractivity contribution < 1.29 is 14.3 Å². The summed E-state index contributed by atoms with van der Waals surface area (Å²) < 4.78 is 6.04. The number of nitrogens with one attached hydrogen (secondary N) is 1. The second-order valence-electron chi connectivity index (χ2n) is 10.3. The molecule has 0 atom stereocenters. The van der Waals surface area contributed by atoms with Crippen molar-refractivity contribution in [3.8, 4) is 5.75 Å². The molecule has 2 aromatic carbocycles. The first-order chi connectivity index (χ1) is 18.5. The zero-order valence-electron chi connectivity index (χ0n) is 22.5. The van der Waals surface area contributed by atoms with Crippen LogP contribution in [0, 0.1) is 5.92 Å². The fourth-order valence-corrected chi connectivity index (χ4v) is 5.19. The van der Waals surface area contributed by atoms with Crippen molar-refractivity contribution in [1.82, 2.24) is 10.2 Å². The average molecular weight is 520 g/mol. The number of unbranched alkanes of at least 4 members (excludes halogenated alkanes) is 2. The van der Waals surface area contributed by atoms with Gasteiger partial charge >= 0.3 is 0 Å². The van der Waals surface area contributed by atoms with Crippen molar-refractivity contribution in [2.75, 3.05) is 31.6 Å². The molecule has 8 nitrogen and oxygen atoms in total. The molecule has 0 aromatic heterocycles. The summed E-state index contributed by atoms with van der Waals surface area (Å²) in [5.41, 5.74) is 8.87. The molecule has 0 saturated heterocycles. The van der Waals surface area contributed by atoms with Crippen LogP contribution in [0.15, 0.2) is 53.5 Å². The van der Waals surface area contributed by atoms with Crippen molar-refractivity contribution in [2.45, 2.75) is 64.3 Å². The molecule has 8 heteroatoms. The first-order valence-electron chi connectivity index (χ1n) is 13.9. The number of hydrogen-bond acceptors (Lipinski definition) is 6. The molecule has 3 N–H and O–H groups in total. The molecule has 38 heavy (non-hydrogen) atoms. The van der Waals surface area contributed by atoms with Crippen molar-refractivity contribution in [2.24, 2.45) is 16.6 Å². The number of para-hydroxylation sites is 2. The highest BCUT2D eigenvalue weighted by Crippen LogP contribution is 2.35. The van der Waals surface area contributed by atoms with E-state index in [0.717, 1.165) is 55.1 Å². The summed E-state index contributed by atoms with van der Waals surface area (Å²) in [6.07, 6.45) is 9.34. The number of hydrogen-bond donors (Lipinski definition) is 2. The number of nitrogens with zero attached hydrogens (tertiary/aromatic N) is 3. The van der Waals surface area contributed by atoms with Crippen LogP contribution in [-0.2, 0) is 16.1 Å². The lowest BCUT2D eigenvalue weighted by molar-refractivity contribution is -0.121. The van der Waals surface area contributed by atoms with Crippen molar-refractivity contribution >= 4 is 29.1 Å². The molecule has 4 rings (SSSR count). The molecule has 2 aromatic rings. The standard InChI is InChI=1S/C30H41N5O3/c1-34(25-14-4-2-5-15-25)28(37)17-6-3-9-20-38-26-16-10-13-24-21-35(30(31)33-29(24)26)22-27(36)32-19-18-23-11-7-8-12-23/h2,4-5,10,13-16,23H,3,6-9,11-12,17-22H2,1H3,(H2,31,33)(H,32,36). The Bertz CT molecular complexity index is 1100. The molecule has 0 spiro atoms. The van der Waals surface area contributed by atoms with Crippen LogP contribution in [0.4, 0.5) is 11.4 Å². The third-order valence-electron chi connectivity index (χ3n) is 7.49. The number of aliphatic imine (C=N–C) groups is 1. The lowest BCUT2D eigenvalue weighted by Crippen LogP contribution is -2.45. The molecule has 1 aliphatic carbocycles. The first-order valence-corrected chi connectivity index (χ1v) is 13.9. The van der Waals surface area contributed by atoms with E-state index < -0.39 is 0 Å². The van der Waals surface area contributed by atoms with E-state index in [-0.39, 0.29) is 18.4 Å². The van der Waals surface area contributed by atoms with Crippen LogP contribution >= 0.6 is 0 Å². The van der Waals surface area contributed by atoms with E-state index in [2.05, 4.69) is 10.3 Å². The fraction of sp³-hybridized carbons (Fsp3) is 0.500. The van der Waals surface area contributed by atoms with Gasteiger partial charge in [-0.25, -0.2) is 4.99 Å². The predicted molar refractivity (Wildman–Crippen MR) is 152 cm³/mol. The Hall–Kier alpha value is -3.55. The van der Waals surface area contributed by atoms with Gasteiger partial charge in [0.15, 0.2) is 5.96 Å². The number of nitrogens with two attached hydrogens (primary N) is 1. The highest BCUT2D eigenvalue weighted by Gasteiger charge is 2.23. The lowest BCUT2D eigenvalue weighted by Gasteiger charge is -2.28. The molecule has 2 amide bonds. The van der Waals surface area contributed by atoms with Gasteiger partial charge in [0.1, 0.15) is 11.4 Å². The molecular formula is C30H41N5O3. The number of carbonyl (C=O) groups is 2. The van der Waals surface area contributed by atoms with Gasteiger partial charge in [-0.15, -0.1) is 0 Å². The van der Waals surface area contributed by atoms with Crippen LogP contribution in [0.5, 0.6) is 5.75 Å². The second-order valence-corrected chi connectivity index (χ2v) is 10.3. The third-order valence-corrected chi connectivity index (χ3v) is 7.49. The zero-order valence-corrected chi connectivity index (χ0v) is 22.5. The molecule has 2 aliphatic rings. The summed E-state index contributed by atoms with van der Waals surface area (Å²) in [7, 11) is 1.82. The maximum absolute atomic E-state index is 12.5. The van der Waals surface area contributed by atoms with Gasteiger partial charge in [0.05, 0.1) is 13.2 Å². The largest absolute Gasteiger partial charge is 0.491 e. The van der Waals surface area contributed by atoms with E-state index in [0.29, 0.717) is 31.3 Å². The quantitative estimate of drug-likeness (QED) is 0.372. The monoisotopic (exact) mass is 519 g/mol. The van der Waals surface area contributed by atoms with Gasteiger partial charge in [-0.2, -0.15) is 0 Å². The van der Waals surface area contributed by atoms with Crippen LogP contribution < -0.4 is 20.7 Å². The van der Waals surface area contributed by atoms with Crippen LogP contribution in [0.2, 0.25) is 0 Å². The van der Waals surface area contributed by atoms with Gasteiger partial charge in [-0.05, 0) is 49.8 Å². The number of anilines is 1. The number of benzene rings is 2. The smallest absolute Gasteiger partial charge is 0.239 e. The molecule has 1 fully saturated rings. The van der Waals surface area contributed by atoms with Crippen molar-refractivity contribution in [3.05, 3.63) is 54.1 Å². The molecule has 0 radical (unpaired) electrons. The Morgan fingerprint density at radius 1 is 1.08 bits per heavy atom. The van der Waals surface area contributed by atoms with Crippen LogP contribution in [0.1, 0.15) is 63.4 Å². The maximum Gasteiger partial charge on any atom is 0.239 e. The average Bonchev–Trinajstić information content (AvgIpc) is 3.45. The van der Waals surface area contributed by atoms with E-state index in [1.54, 1.807) is 9.80 Å². The molecular weight excluding hydrogens is 478 g/mol. The number of guanidine groups is 1. The van der Waals surface area contributed by atoms with Gasteiger partial charge in [-0.3, -0.25) is 9.59 Å². The summed E-state index contributed by atoms with van der Waals surface area (Å²) in [4.78, 5) is 33.0. The van der Waals surface area contributed by atoms with Crippen molar-refractivity contribution in [3.63, 3.8) is 0 Å². The predicted octanol–water partition coefficient (Wildman–Crippen LogP) is 4.75. The van der Waals surface area contributed by atoms with Gasteiger partial charge in [0.2, 0.25) is 11.8 Å². The van der Waals surface area contributed by atoms with Crippen LogP contribution in [0.3, 0.4) is 0 Å². The maximum atomic E-state index is 12.5. The minimum Gasteiger partial charge on any atom is -0.491 e. The van der Waals surface area contributed by atoms with E-state index in [9.17, 15) is 9.59 Å². The van der Waals surface area contributed by atoms with E-state index >= 15 is 0 Å². The summed E-state index contributed by atoms with van der Waals surface area (Å²) in [6, 6.07) is 15.5. The third kappa shape index (κ3) is 7.73. The van der Waals surface area contributed by atoms with Crippen LogP contribution in [-0.4, -0.2) is 49.4 Å². The molecule has 1 saturated carbocycles.